The Morgan fingerprint density at radius 3 is 2.38 bits per heavy atom. The first-order chi connectivity index (χ1) is 11.4. The standard InChI is InChI=1S/C16H22N4O3S/c1-12-5-6-14(11-13(12)2)24(21,22)20-16-8-7-15(18-19-16)17-9-4-10-23-3/h5-8,11H,4,9-10H2,1-3H3,(H,17,18)(H,19,20). The molecular formula is C16H22N4O3S. The van der Waals surface area contributed by atoms with Crippen LogP contribution in [0.15, 0.2) is 35.2 Å². The molecule has 2 N–H and O–H groups in total. The zero-order valence-corrected chi connectivity index (χ0v) is 14.9. The molecule has 2 rings (SSSR count). The van der Waals surface area contributed by atoms with E-state index in [9.17, 15) is 8.42 Å². The topological polar surface area (TPSA) is 93.2 Å². The van der Waals surface area contributed by atoms with E-state index in [1.165, 1.54) is 0 Å². The lowest BCUT2D eigenvalue weighted by Gasteiger charge is -2.09. The van der Waals surface area contributed by atoms with Crippen molar-refractivity contribution in [1.82, 2.24) is 10.2 Å². The molecule has 1 heterocycles. The highest BCUT2D eigenvalue weighted by molar-refractivity contribution is 7.92. The third kappa shape index (κ3) is 4.90. The largest absolute Gasteiger partial charge is 0.385 e. The Hall–Kier alpha value is -2.19. The fourth-order valence-corrected chi connectivity index (χ4v) is 3.07. The molecule has 0 spiro atoms. The van der Waals surface area contributed by atoms with Crippen LogP contribution in [0.1, 0.15) is 17.5 Å². The zero-order valence-electron chi connectivity index (χ0n) is 14.0. The molecule has 0 radical (unpaired) electrons. The molecule has 0 bridgehead atoms. The number of sulfonamides is 1. The van der Waals surface area contributed by atoms with E-state index in [2.05, 4.69) is 20.2 Å². The van der Waals surface area contributed by atoms with Crippen molar-refractivity contribution in [1.29, 1.82) is 0 Å². The number of aromatic nitrogens is 2. The Balaban J connectivity index is 2.03. The van der Waals surface area contributed by atoms with E-state index in [0.717, 1.165) is 17.5 Å². The average molecular weight is 350 g/mol. The van der Waals surface area contributed by atoms with Crippen molar-refractivity contribution in [3.63, 3.8) is 0 Å². The first-order valence-corrected chi connectivity index (χ1v) is 9.07. The van der Waals surface area contributed by atoms with Gasteiger partial charge in [0.05, 0.1) is 4.90 Å². The van der Waals surface area contributed by atoms with E-state index in [4.69, 9.17) is 4.74 Å². The first kappa shape index (κ1) is 18.2. The third-order valence-corrected chi connectivity index (χ3v) is 4.88. The molecule has 0 atom stereocenters. The maximum atomic E-state index is 12.4. The van der Waals surface area contributed by atoms with Gasteiger partial charge in [-0.3, -0.25) is 4.72 Å². The van der Waals surface area contributed by atoms with Crippen molar-refractivity contribution >= 4 is 21.7 Å². The summed E-state index contributed by atoms with van der Waals surface area (Å²) in [5.41, 5.74) is 1.96. The number of methoxy groups -OCH3 is 1. The Kier molecular flexibility index (Phi) is 6.10. The Morgan fingerprint density at radius 2 is 1.75 bits per heavy atom. The highest BCUT2D eigenvalue weighted by Gasteiger charge is 2.15. The lowest BCUT2D eigenvalue weighted by atomic mass is 10.1. The number of anilines is 2. The summed E-state index contributed by atoms with van der Waals surface area (Å²) >= 11 is 0. The number of aryl methyl sites for hydroxylation is 2. The summed E-state index contributed by atoms with van der Waals surface area (Å²) < 4.78 is 32.2. The molecule has 7 nitrogen and oxygen atoms in total. The van der Waals surface area contributed by atoms with E-state index in [1.807, 2.05) is 13.8 Å². The van der Waals surface area contributed by atoms with E-state index < -0.39 is 10.0 Å². The van der Waals surface area contributed by atoms with Gasteiger partial charge in [0.25, 0.3) is 10.0 Å². The molecule has 130 valence electrons. The molecule has 2 aromatic rings. The summed E-state index contributed by atoms with van der Waals surface area (Å²) in [6.45, 7) is 5.17. The fraction of sp³-hybridized carbons (Fsp3) is 0.375. The average Bonchev–Trinajstić information content (AvgIpc) is 2.55. The molecule has 0 aliphatic heterocycles. The summed E-state index contributed by atoms with van der Waals surface area (Å²) in [5, 5.41) is 10.9. The number of ether oxygens (including phenoxy) is 1. The number of nitrogens with zero attached hydrogens (tertiary/aromatic N) is 2. The minimum atomic E-state index is -3.68. The highest BCUT2D eigenvalue weighted by atomic mass is 32.2. The molecule has 0 fully saturated rings. The third-order valence-electron chi connectivity index (χ3n) is 3.52. The quantitative estimate of drug-likeness (QED) is 0.710. The van der Waals surface area contributed by atoms with Crippen molar-refractivity contribution in [3.05, 3.63) is 41.5 Å². The predicted octanol–water partition coefficient (Wildman–Crippen LogP) is 2.34. The van der Waals surface area contributed by atoms with Gasteiger partial charge in [-0.05, 0) is 55.7 Å². The Bertz CT molecular complexity index is 776. The van der Waals surface area contributed by atoms with Crippen LogP contribution in [0.25, 0.3) is 0 Å². The normalized spacial score (nSPS) is 11.3. The minimum Gasteiger partial charge on any atom is -0.385 e. The molecule has 1 aromatic carbocycles. The van der Waals surface area contributed by atoms with Crippen LogP contribution in [-0.4, -0.2) is 38.9 Å². The molecule has 8 heteroatoms. The van der Waals surface area contributed by atoms with Gasteiger partial charge >= 0.3 is 0 Å². The summed E-state index contributed by atoms with van der Waals surface area (Å²) in [6, 6.07) is 8.24. The Labute approximate surface area is 142 Å². The van der Waals surface area contributed by atoms with Crippen molar-refractivity contribution in [3.8, 4) is 0 Å². The smallest absolute Gasteiger partial charge is 0.263 e. The van der Waals surface area contributed by atoms with Crippen LogP contribution in [0.4, 0.5) is 11.6 Å². The monoisotopic (exact) mass is 350 g/mol. The summed E-state index contributed by atoms with van der Waals surface area (Å²) in [4.78, 5) is 0.203. The lowest BCUT2D eigenvalue weighted by molar-refractivity contribution is 0.197. The van der Waals surface area contributed by atoms with Gasteiger partial charge in [0.1, 0.15) is 5.82 Å². The van der Waals surface area contributed by atoms with Crippen LogP contribution in [0, 0.1) is 13.8 Å². The Morgan fingerprint density at radius 1 is 1.04 bits per heavy atom. The van der Waals surface area contributed by atoms with Crippen LogP contribution >= 0.6 is 0 Å². The second-order valence-electron chi connectivity index (χ2n) is 5.43. The highest BCUT2D eigenvalue weighted by Crippen LogP contribution is 2.18. The van der Waals surface area contributed by atoms with Gasteiger partial charge in [-0.2, -0.15) is 0 Å². The summed E-state index contributed by atoms with van der Waals surface area (Å²) in [7, 11) is -2.03. The van der Waals surface area contributed by atoms with Gasteiger partial charge in [-0.1, -0.05) is 6.07 Å². The molecular weight excluding hydrogens is 328 g/mol. The maximum absolute atomic E-state index is 12.4. The maximum Gasteiger partial charge on any atom is 0.263 e. The molecule has 0 aliphatic rings. The molecule has 1 aromatic heterocycles. The molecule has 0 amide bonds. The second kappa shape index (κ2) is 8.07. The first-order valence-electron chi connectivity index (χ1n) is 7.59. The van der Waals surface area contributed by atoms with Gasteiger partial charge in [0.2, 0.25) is 0 Å². The van der Waals surface area contributed by atoms with Gasteiger partial charge in [-0.15, -0.1) is 10.2 Å². The van der Waals surface area contributed by atoms with Gasteiger partial charge in [-0.25, -0.2) is 8.42 Å². The molecule has 24 heavy (non-hydrogen) atoms. The summed E-state index contributed by atoms with van der Waals surface area (Å²) in [6.07, 6.45) is 0.847. The van der Waals surface area contributed by atoms with E-state index in [-0.39, 0.29) is 10.7 Å². The van der Waals surface area contributed by atoms with Crippen LogP contribution in [-0.2, 0) is 14.8 Å². The van der Waals surface area contributed by atoms with E-state index >= 15 is 0 Å². The lowest BCUT2D eigenvalue weighted by Crippen LogP contribution is -2.15. The summed E-state index contributed by atoms with van der Waals surface area (Å²) in [5.74, 6) is 0.760. The number of hydrogen-bond acceptors (Lipinski definition) is 6. The fourth-order valence-electron chi connectivity index (χ4n) is 1.99. The zero-order chi connectivity index (χ0) is 17.6. The van der Waals surface area contributed by atoms with Crippen molar-refractivity contribution < 1.29 is 13.2 Å². The molecule has 0 saturated carbocycles. The number of nitrogens with one attached hydrogen (secondary N) is 2. The van der Waals surface area contributed by atoms with Crippen LogP contribution in [0.5, 0.6) is 0 Å². The van der Waals surface area contributed by atoms with Crippen molar-refractivity contribution in [2.24, 2.45) is 0 Å². The number of hydrogen-bond donors (Lipinski definition) is 2. The van der Waals surface area contributed by atoms with Crippen molar-refractivity contribution in [2.45, 2.75) is 25.2 Å². The van der Waals surface area contributed by atoms with Crippen LogP contribution in [0.2, 0.25) is 0 Å². The van der Waals surface area contributed by atoms with E-state index in [0.29, 0.717) is 19.0 Å². The van der Waals surface area contributed by atoms with Crippen LogP contribution in [0.3, 0.4) is 0 Å². The molecule has 0 unspecified atom stereocenters. The number of benzene rings is 1. The number of rotatable bonds is 8. The minimum absolute atomic E-state index is 0.177. The molecule has 0 aliphatic carbocycles. The van der Waals surface area contributed by atoms with Gasteiger partial charge < -0.3 is 10.1 Å². The molecule has 0 saturated heterocycles. The van der Waals surface area contributed by atoms with Gasteiger partial charge in [0, 0.05) is 20.3 Å². The SMILES string of the molecule is COCCCNc1ccc(NS(=O)(=O)c2ccc(C)c(C)c2)nn1. The van der Waals surface area contributed by atoms with Gasteiger partial charge in [0.15, 0.2) is 5.82 Å². The van der Waals surface area contributed by atoms with Crippen LogP contribution < -0.4 is 10.0 Å². The van der Waals surface area contributed by atoms with E-state index in [1.54, 1.807) is 37.4 Å². The predicted molar refractivity (Wildman–Crippen MR) is 93.7 cm³/mol. The van der Waals surface area contributed by atoms with Crippen molar-refractivity contribution in [2.75, 3.05) is 30.3 Å². The second-order valence-corrected chi connectivity index (χ2v) is 7.11.